The second kappa shape index (κ2) is 8.15. The van der Waals surface area contributed by atoms with Crippen molar-refractivity contribution in [3.8, 4) is 17.1 Å². The Balaban J connectivity index is 2.12. The number of aromatic nitrogens is 5. The zero-order valence-corrected chi connectivity index (χ0v) is 16.8. The minimum absolute atomic E-state index is 0.00914. The van der Waals surface area contributed by atoms with Crippen LogP contribution < -0.4 is 22.5 Å². The van der Waals surface area contributed by atoms with Crippen LogP contribution in [0, 0.1) is 0 Å². The highest BCUT2D eigenvalue weighted by Gasteiger charge is 2.22. The summed E-state index contributed by atoms with van der Waals surface area (Å²) in [6, 6.07) is 8.31. The Bertz CT molecular complexity index is 1460. The van der Waals surface area contributed by atoms with Crippen molar-refractivity contribution in [1.29, 1.82) is 0 Å². The lowest BCUT2D eigenvalue weighted by Gasteiger charge is -2.18. The van der Waals surface area contributed by atoms with Crippen LogP contribution in [-0.2, 0) is 13.0 Å². The van der Waals surface area contributed by atoms with Crippen molar-refractivity contribution in [3.05, 3.63) is 77.6 Å². The molecule has 10 nitrogen and oxygen atoms in total. The number of aliphatic hydroxyl groups is 1. The molecule has 0 spiro atoms. The van der Waals surface area contributed by atoms with Gasteiger partial charge in [-0.1, -0.05) is 25.5 Å². The average molecular weight is 423 g/mol. The molecular weight excluding hydrogens is 402 g/mol. The molecule has 0 bridgehead atoms. The monoisotopic (exact) mass is 423 g/mol. The number of H-pyrrole nitrogens is 2. The van der Waals surface area contributed by atoms with E-state index in [1.54, 1.807) is 24.3 Å². The topological polar surface area (TPSA) is 143 Å². The van der Waals surface area contributed by atoms with Gasteiger partial charge in [0.05, 0.1) is 10.9 Å². The first kappa shape index (κ1) is 20.5. The van der Waals surface area contributed by atoms with E-state index in [1.165, 1.54) is 10.6 Å². The molecule has 3 N–H and O–H groups in total. The number of hydrogen-bond acceptors (Lipinski definition) is 6. The highest BCUT2D eigenvalue weighted by molar-refractivity contribution is 5.83. The van der Waals surface area contributed by atoms with E-state index >= 15 is 0 Å². The molecule has 0 amide bonds. The number of pyridine rings is 1. The third kappa shape index (κ3) is 3.61. The Labute approximate surface area is 174 Å². The predicted octanol–water partition coefficient (Wildman–Crippen LogP) is 0.364. The maximum absolute atomic E-state index is 13.1. The lowest BCUT2D eigenvalue weighted by Crippen LogP contribution is -2.38. The van der Waals surface area contributed by atoms with E-state index in [0.717, 1.165) is 16.6 Å². The fourth-order valence-corrected chi connectivity index (χ4v) is 3.59. The number of nitrogens with one attached hydrogen (secondary N) is 2. The van der Waals surface area contributed by atoms with Crippen LogP contribution in [0.2, 0.25) is 0 Å². The molecule has 160 valence electrons. The largest absolute Gasteiger partial charge is 0.396 e. The molecule has 2 aliphatic heterocycles. The molecular formula is C21H21N5O5. The van der Waals surface area contributed by atoms with Gasteiger partial charge in [-0.3, -0.25) is 28.7 Å². The van der Waals surface area contributed by atoms with Gasteiger partial charge in [-0.05, 0) is 36.6 Å². The maximum Gasteiger partial charge on any atom is 0.352 e. The summed E-state index contributed by atoms with van der Waals surface area (Å²) in [7, 11) is 0. The van der Waals surface area contributed by atoms with Crippen molar-refractivity contribution >= 4 is 11.0 Å². The SMILES string of the molecule is CCCCn1c(=O)nc2n(-c3ccc(CCO)cc3)c3[nH]c(=O)[nH]c(=O)c3cc-2c1=O. The first-order valence-corrected chi connectivity index (χ1v) is 9.97. The van der Waals surface area contributed by atoms with Crippen LogP contribution in [0.15, 0.2) is 49.5 Å². The summed E-state index contributed by atoms with van der Waals surface area (Å²) in [5, 5.41) is 9.22. The molecule has 0 saturated heterocycles. The number of nitrogens with zero attached hydrogens (tertiary/aromatic N) is 3. The zero-order chi connectivity index (χ0) is 22.1. The summed E-state index contributed by atoms with van der Waals surface area (Å²) in [6.07, 6.45) is 1.89. The summed E-state index contributed by atoms with van der Waals surface area (Å²) in [5.41, 5.74) is -1.02. The van der Waals surface area contributed by atoms with Crippen LogP contribution in [0.5, 0.6) is 0 Å². The molecule has 2 aliphatic rings. The van der Waals surface area contributed by atoms with Gasteiger partial charge >= 0.3 is 11.4 Å². The molecule has 0 radical (unpaired) electrons. The Morgan fingerprint density at radius 2 is 1.81 bits per heavy atom. The third-order valence-corrected chi connectivity index (χ3v) is 5.16. The van der Waals surface area contributed by atoms with Gasteiger partial charge in [0, 0.05) is 18.8 Å². The van der Waals surface area contributed by atoms with Crippen LogP contribution in [0.4, 0.5) is 0 Å². The van der Waals surface area contributed by atoms with E-state index < -0.39 is 22.5 Å². The highest BCUT2D eigenvalue weighted by Crippen LogP contribution is 2.24. The van der Waals surface area contributed by atoms with E-state index in [1.807, 2.05) is 6.92 Å². The third-order valence-electron chi connectivity index (χ3n) is 5.16. The van der Waals surface area contributed by atoms with E-state index in [4.69, 9.17) is 5.11 Å². The first-order chi connectivity index (χ1) is 14.9. The van der Waals surface area contributed by atoms with E-state index in [-0.39, 0.29) is 35.6 Å². The summed E-state index contributed by atoms with van der Waals surface area (Å²) in [5.74, 6) is 0.0476. The van der Waals surface area contributed by atoms with E-state index in [9.17, 15) is 19.2 Å². The molecule has 0 saturated carbocycles. The zero-order valence-electron chi connectivity index (χ0n) is 16.8. The summed E-state index contributed by atoms with van der Waals surface area (Å²) >= 11 is 0. The van der Waals surface area contributed by atoms with E-state index in [2.05, 4.69) is 15.0 Å². The first-order valence-electron chi connectivity index (χ1n) is 9.97. The van der Waals surface area contributed by atoms with Gasteiger partial charge in [-0.25, -0.2) is 9.59 Å². The van der Waals surface area contributed by atoms with Gasteiger partial charge in [0.15, 0.2) is 5.82 Å². The Morgan fingerprint density at radius 1 is 1.06 bits per heavy atom. The van der Waals surface area contributed by atoms with Crippen LogP contribution in [0.25, 0.3) is 28.1 Å². The number of benzene rings is 1. The normalized spacial score (nSPS) is 11.4. The average Bonchev–Trinajstić information content (AvgIpc) is 2.74. The molecule has 1 aromatic carbocycles. The summed E-state index contributed by atoms with van der Waals surface area (Å²) in [6.45, 7) is 2.17. The molecule has 2 aromatic rings. The van der Waals surface area contributed by atoms with Gasteiger partial charge in [0.25, 0.3) is 11.1 Å². The van der Waals surface area contributed by atoms with Gasteiger partial charge in [0.2, 0.25) is 0 Å². The van der Waals surface area contributed by atoms with Gasteiger partial charge in [-0.15, -0.1) is 0 Å². The molecule has 0 aliphatic carbocycles. The summed E-state index contributed by atoms with van der Waals surface area (Å²) < 4.78 is 2.49. The number of rotatable bonds is 6. The number of aromatic amines is 2. The second-order valence-electron chi connectivity index (χ2n) is 7.23. The van der Waals surface area contributed by atoms with Crippen molar-refractivity contribution < 1.29 is 5.11 Å². The molecule has 0 fully saturated rings. The minimum Gasteiger partial charge on any atom is -0.396 e. The maximum atomic E-state index is 13.1. The Kier molecular flexibility index (Phi) is 5.38. The van der Waals surface area contributed by atoms with Gasteiger partial charge < -0.3 is 5.11 Å². The molecule has 4 rings (SSSR count). The lowest BCUT2D eigenvalue weighted by atomic mass is 10.1. The molecule has 10 heteroatoms. The Morgan fingerprint density at radius 3 is 2.48 bits per heavy atom. The molecule has 0 atom stereocenters. The molecule has 0 unspecified atom stereocenters. The molecule has 3 heterocycles. The number of unbranched alkanes of at least 4 members (excludes halogenated alkanes) is 1. The van der Waals surface area contributed by atoms with Crippen LogP contribution >= 0.6 is 0 Å². The van der Waals surface area contributed by atoms with Gasteiger partial charge in [0.1, 0.15) is 5.65 Å². The van der Waals surface area contributed by atoms with Crippen molar-refractivity contribution in [1.82, 2.24) is 24.1 Å². The fraction of sp³-hybridized carbons (Fsp3) is 0.286. The number of fused-ring (bicyclic) bond motifs is 2. The predicted molar refractivity (Wildman–Crippen MR) is 115 cm³/mol. The summed E-state index contributed by atoms with van der Waals surface area (Å²) in [4.78, 5) is 59.1. The van der Waals surface area contributed by atoms with E-state index in [0.29, 0.717) is 18.5 Å². The molecule has 1 aromatic heterocycles. The van der Waals surface area contributed by atoms with Crippen molar-refractivity contribution in [2.24, 2.45) is 0 Å². The second-order valence-corrected chi connectivity index (χ2v) is 7.23. The lowest BCUT2D eigenvalue weighted by molar-refractivity contribution is 0.299. The number of aliphatic hydroxyl groups excluding tert-OH is 1. The highest BCUT2D eigenvalue weighted by atomic mass is 16.3. The standard InChI is InChI=1S/C21H21N5O5/c1-2-3-9-25-19(29)15-11-14-16(22-20(30)24-18(14)28)26(17(15)23-21(25)31)13-6-4-12(5-7-13)8-10-27/h4-7,11,27H,2-3,8-10H2,1H3,(H2,22,24,28,30). The van der Waals surface area contributed by atoms with Crippen molar-refractivity contribution in [2.45, 2.75) is 32.7 Å². The quantitative estimate of drug-likeness (QED) is 0.382. The van der Waals surface area contributed by atoms with Crippen molar-refractivity contribution in [2.75, 3.05) is 6.61 Å². The molecule has 31 heavy (non-hydrogen) atoms. The van der Waals surface area contributed by atoms with Crippen LogP contribution in [-0.4, -0.2) is 35.8 Å². The van der Waals surface area contributed by atoms with Crippen molar-refractivity contribution in [3.63, 3.8) is 0 Å². The smallest absolute Gasteiger partial charge is 0.352 e. The van der Waals surface area contributed by atoms with Gasteiger partial charge in [-0.2, -0.15) is 4.98 Å². The fourth-order valence-electron chi connectivity index (χ4n) is 3.59. The Hall–Kier alpha value is -3.79. The van der Waals surface area contributed by atoms with Crippen LogP contribution in [0.1, 0.15) is 25.3 Å². The minimum atomic E-state index is -0.721. The number of hydrogen-bond donors (Lipinski definition) is 3. The van der Waals surface area contributed by atoms with Crippen LogP contribution in [0.3, 0.4) is 0 Å².